The number of nitrogens with zero attached hydrogens (tertiary/aromatic N) is 3. The maximum atomic E-state index is 9.92. The summed E-state index contributed by atoms with van der Waals surface area (Å²) in [5, 5.41) is 27.8. The number of benzene rings is 2. The lowest BCUT2D eigenvalue weighted by Crippen LogP contribution is -2.07. The monoisotopic (exact) mass is 341 g/mol. The van der Waals surface area contributed by atoms with Crippen molar-refractivity contribution in [1.29, 1.82) is 10.5 Å². The molecule has 0 bridgehead atoms. The van der Waals surface area contributed by atoms with Crippen LogP contribution in [-0.2, 0) is 13.2 Å². The molecule has 0 spiro atoms. The van der Waals surface area contributed by atoms with Crippen molar-refractivity contribution in [3.05, 3.63) is 82.2 Å². The summed E-state index contributed by atoms with van der Waals surface area (Å²) in [4.78, 5) is 0. The number of aliphatic hydroxyl groups is 1. The molecule has 0 saturated heterocycles. The Hall–Kier alpha value is -3.34. The van der Waals surface area contributed by atoms with Gasteiger partial charge in [-0.05, 0) is 54.8 Å². The lowest BCUT2D eigenvalue weighted by atomic mass is 10.0. The molecule has 0 amide bonds. The van der Waals surface area contributed by atoms with Gasteiger partial charge in [0.25, 0.3) is 0 Å². The first-order valence-electron chi connectivity index (χ1n) is 8.38. The Kier molecular flexibility index (Phi) is 4.89. The van der Waals surface area contributed by atoms with E-state index in [1.54, 1.807) is 12.1 Å². The molecule has 3 aromatic rings. The molecule has 1 aromatic heterocycles. The fraction of sp³-hybridized carbons (Fsp3) is 0.182. The number of aliphatic hydroxyl groups excluding tert-OH is 1. The van der Waals surface area contributed by atoms with E-state index in [4.69, 9.17) is 10.5 Å². The first-order chi connectivity index (χ1) is 12.6. The lowest BCUT2D eigenvalue weighted by Gasteiger charge is -2.11. The van der Waals surface area contributed by atoms with Crippen molar-refractivity contribution in [2.75, 3.05) is 0 Å². The van der Waals surface area contributed by atoms with E-state index in [1.165, 1.54) is 0 Å². The van der Waals surface area contributed by atoms with Gasteiger partial charge in [-0.25, -0.2) is 0 Å². The van der Waals surface area contributed by atoms with Crippen LogP contribution in [0.15, 0.2) is 48.5 Å². The van der Waals surface area contributed by atoms with E-state index >= 15 is 0 Å². The van der Waals surface area contributed by atoms with E-state index < -0.39 is 0 Å². The SMILES string of the molecule is Cc1c(-c2ccc(C#N)cc2)c(C)n(Cc2ccc(C#N)cc2)c1CO. The zero-order valence-electron chi connectivity index (χ0n) is 14.8. The highest BCUT2D eigenvalue weighted by Crippen LogP contribution is 2.33. The average Bonchev–Trinajstić information content (AvgIpc) is 2.91. The third-order valence-corrected chi connectivity index (χ3v) is 4.78. The Labute approximate surface area is 153 Å². The topological polar surface area (TPSA) is 72.7 Å². The second-order valence-electron chi connectivity index (χ2n) is 6.27. The van der Waals surface area contributed by atoms with E-state index in [0.717, 1.165) is 33.6 Å². The molecule has 2 aromatic carbocycles. The van der Waals surface area contributed by atoms with Gasteiger partial charge in [0.2, 0.25) is 0 Å². The minimum Gasteiger partial charge on any atom is -0.390 e. The summed E-state index contributed by atoms with van der Waals surface area (Å²) < 4.78 is 2.12. The van der Waals surface area contributed by atoms with E-state index in [0.29, 0.717) is 17.7 Å². The second-order valence-corrected chi connectivity index (χ2v) is 6.27. The molecule has 0 radical (unpaired) electrons. The molecular formula is C22H19N3O. The molecule has 1 N–H and O–H groups in total. The molecule has 3 rings (SSSR count). The zero-order chi connectivity index (χ0) is 18.7. The minimum absolute atomic E-state index is 0.0424. The maximum absolute atomic E-state index is 9.92. The van der Waals surface area contributed by atoms with Crippen molar-refractivity contribution in [1.82, 2.24) is 4.57 Å². The zero-order valence-corrected chi connectivity index (χ0v) is 14.8. The van der Waals surface area contributed by atoms with Crippen LogP contribution in [-0.4, -0.2) is 9.67 Å². The molecule has 0 aliphatic rings. The number of aromatic nitrogens is 1. The smallest absolute Gasteiger partial charge is 0.0991 e. The van der Waals surface area contributed by atoms with Crippen LogP contribution in [0.2, 0.25) is 0 Å². The summed E-state index contributed by atoms with van der Waals surface area (Å²) in [5.41, 5.74) is 7.45. The first-order valence-corrected chi connectivity index (χ1v) is 8.38. The Balaban J connectivity index is 2.05. The summed E-state index contributed by atoms with van der Waals surface area (Å²) in [6.45, 7) is 4.65. The average molecular weight is 341 g/mol. The third-order valence-electron chi connectivity index (χ3n) is 4.78. The fourth-order valence-electron chi connectivity index (χ4n) is 3.38. The van der Waals surface area contributed by atoms with Gasteiger partial charge in [-0.3, -0.25) is 0 Å². The van der Waals surface area contributed by atoms with Crippen LogP contribution in [0.4, 0.5) is 0 Å². The summed E-state index contributed by atoms with van der Waals surface area (Å²) in [7, 11) is 0. The van der Waals surface area contributed by atoms with Crippen LogP contribution in [0, 0.1) is 36.5 Å². The lowest BCUT2D eigenvalue weighted by molar-refractivity contribution is 0.270. The van der Waals surface area contributed by atoms with Gasteiger partial charge in [-0.1, -0.05) is 24.3 Å². The van der Waals surface area contributed by atoms with Crippen LogP contribution >= 0.6 is 0 Å². The molecule has 0 atom stereocenters. The van der Waals surface area contributed by atoms with Gasteiger partial charge in [-0.15, -0.1) is 0 Å². The maximum Gasteiger partial charge on any atom is 0.0991 e. The molecule has 26 heavy (non-hydrogen) atoms. The van der Waals surface area contributed by atoms with Crippen LogP contribution in [0.5, 0.6) is 0 Å². The van der Waals surface area contributed by atoms with Crippen molar-refractivity contribution in [2.24, 2.45) is 0 Å². The summed E-state index contributed by atoms with van der Waals surface area (Å²) >= 11 is 0. The predicted molar refractivity (Wildman–Crippen MR) is 100 cm³/mol. The number of rotatable bonds is 4. The van der Waals surface area contributed by atoms with Crippen molar-refractivity contribution in [3.8, 4) is 23.3 Å². The quantitative estimate of drug-likeness (QED) is 0.778. The minimum atomic E-state index is -0.0424. The highest BCUT2D eigenvalue weighted by molar-refractivity contribution is 5.72. The van der Waals surface area contributed by atoms with Crippen LogP contribution in [0.25, 0.3) is 11.1 Å². The van der Waals surface area contributed by atoms with Crippen molar-refractivity contribution in [3.63, 3.8) is 0 Å². The van der Waals surface area contributed by atoms with E-state index in [-0.39, 0.29) is 6.61 Å². The summed E-state index contributed by atoms with van der Waals surface area (Å²) in [6.07, 6.45) is 0. The third kappa shape index (κ3) is 3.11. The normalized spacial score (nSPS) is 10.3. The van der Waals surface area contributed by atoms with Gasteiger partial charge >= 0.3 is 0 Å². The molecule has 0 fully saturated rings. The molecule has 128 valence electrons. The van der Waals surface area contributed by atoms with E-state index in [2.05, 4.69) is 16.7 Å². The second kappa shape index (κ2) is 7.27. The van der Waals surface area contributed by atoms with Gasteiger partial charge in [0.15, 0.2) is 0 Å². The Bertz CT molecular complexity index is 1010. The summed E-state index contributed by atoms with van der Waals surface area (Å²) in [5.74, 6) is 0. The van der Waals surface area contributed by atoms with Crippen molar-refractivity contribution < 1.29 is 5.11 Å². The Morgan fingerprint density at radius 1 is 0.885 bits per heavy atom. The van der Waals surface area contributed by atoms with E-state index in [9.17, 15) is 5.11 Å². The molecular weight excluding hydrogens is 322 g/mol. The Morgan fingerprint density at radius 3 is 1.92 bits per heavy atom. The molecule has 0 unspecified atom stereocenters. The summed E-state index contributed by atoms with van der Waals surface area (Å²) in [6, 6.07) is 19.3. The molecule has 0 saturated carbocycles. The highest BCUT2D eigenvalue weighted by Gasteiger charge is 2.18. The number of hydrogen-bond acceptors (Lipinski definition) is 3. The van der Waals surface area contributed by atoms with Gasteiger partial charge in [-0.2, -0.15) is 10.5 Å². The largest absolute Gasteiger partial charge is 0.390 e. The molecule has 4 heteroatoms. The Morgan fingerprint density at radius 2 is 1.42 bits per heavy atom. The molecule has 0 aliphatic heterocycles. The predicted octanol–water partition coefficient (Wildman–Crippen LogP) is 4.06. The van der Waals surface area contributed by atoms with Gasteiger partial charge in [0, 0.05) is 23.5 Å². The van der Waals surface area contributed by atoms with Crippen LogP contribution in [0.1, 0.15) is 33.6 Å². The van der Waals surface area contributed by atoms with Crippen molar-refractivity contribution in [2.45, 2.75) is 27.0 Å². The molecule has 4 nitrogen and oxygen atoms in total. The standard InChI is InChI=1S/C22H19N3O/c1-15-21(14-26)25(13-19-5-3-17(11-23)4-6-19)16(2)22(15)20-9-7-18(12-24)8-10-20/h3-10,26H,13-14H2,1-2H3. The number of nitriles is 2. The number of hydrogen-bond donors (Lipinski definition) is 1. The van der Waals surface area contributed by atoms with Gasteiger partial charge < -0.3 is 9.67 Å². The highest BCUT2D eigenvalue weighted by atomic mass is 16.3. The molecule has 1 heterocycles. The van der Waals surface area contributed by atoms with Crippen molar-refractivity contribution >= 4 is 0 Å². The first kappa shape index (κ1) is 17.5. The van der Waals surface area contributed by atoms with Crippen LogP contribution in [0.3, 0.4) is 0 Å². The van der Waals surface area contributed by atoms with Gasteiger partial charge in [0.05, 0.1) is 29.9 Å². The van der Waals surface area contributed by atoms with Gasteiger partial charge in [0.1, 0.15) is 0 Å². The molecule has 0 aliphatic carbocycles. The fourth-order valence-corrected chi connectivity index (χ4v) is 3.38. The van der Waals surface area contributed by atoms with Crippen LogP contribution < -0.4 is 0 Å². The van der Waals surface area contributed by atoms with E-state index in [1.807, 2.05) is 50.2 Å².